The van der Waals surface area contributed by atoms with Crippen molar-refractivity contribution in [2.45, 2.75) is 233 Å². The van der Waals surface area contributed by atoms with Gasteiger partial charge in [-0.25, -0.2) is 0 Å². The van der Waals surface area contributed by atoms with Crippen LogP contribution in [0.15, 0.2) is 0 Å². The first-order valence-electron chi connectivity index (χ1n) is 28.3. The highest BCUT2D eigenvalue weighted by atomic mass is 16.3. The monoisotopic (exact) mass is 1110 g/mol. The Bertz CT molecular complexity index is 1890. The zero-order valence-corrected chi connectivity index (χ0v) is 48.9. The fraction of sp³-hybridized carbons (Fsp3) is 0.815. The molecule has 0 aromatic carbocycles. The van der Waals surface area contributed by atoms with Crippen molar-refractivity contribution >= 4 is 59.1 Å². The summed E-state index contributed by atoms with van der Waals surface area (Å²) < 4.78 is 0. The maximum absolute atomic E-state index is 14.2. The van der Waals surface area contributed by atoms with E-state index in [1.54, 1.807) is 69.2 Å². The van der Waals surface area contributed by atoms with Gasteiger partial charge in [0.1, 0.15) is 54.4 Å². The van der Waals surface area contributed by atoms with E-state index in [4.69, 9.17) is 17.2 Å². The summed E-state index contributed by atoms with van der Waals surface area (Å²) in [5.74, 6) is -9.09. The van der Waals surface area contributed by atoms with E-state index in [-0.39, 0.29) is 75.3 Å². The quantitative estimate of drug-likeness (QED) is 0.0356. The molecule has 0 rings (SSSR count). The van der Waals surface area contributed by atoms with Gasteiger partial charge in [0.05, 0.1) is 12.7 Å². The molecule has 450 valence electrons. The van der Waals surface area contributed by atoms with Crippen molar-refractivity contribution in [2.24, 2.45) is 46.8 Å². The van der Waals surface area contributed by atoms with Crippen molar-refractivity contribution in [3.8, 4) is 0 Å². The van der Waals surface area contributed by atoms with E-state index in [0.717, 1.165) is 32.1 Å². The van der Waals surface area contributed by atoms with Crippen LogP contribution in [0.1, 0.15) is 173 Å². The Morgan fingerprint density at radius 2 is 0.769 bits per heavy atom. The molecule has 78 heavy (non-hydrogen) atoms. The number of rotatable bonds is 41. The van der Waals surface area contributed by atoms with Gasteiger partial charge in [0.15, 0.2) is 0 Å². The summed E-state index contributed by atoms with van der Waals surface area (Å²) in [5.41, 5.74) is 17.0. The topological polar surface area (TPSA) is 397 Å². The van der Waals surface area contributed by atoms with E-state index in [1.807, 2.05) is 0 Å². The molecule has 0 heterocycles. The van der Waals surface area contributed by atoms with Crippen LogP contribution in [0.5, 0.6) is 0 Å². The van der Waals surface area contributed by atoms with Crippen LogP contribution >= 0.6 is 0 Å². The molecule has 0 saturated heterocycles. The van der Waals surface area contributed by atoms with Crippen LogP contribution in [0.25, 0.3) is 0 Å². The summed E-state index contributed by atoms with van der Waals surface area (Å²) in [4.78, 5) is 136. The zero-order chi connectivity index (χ0) is 59.8. The Morgan fingerprint density at radius 3 is 1.15 bits per heavy atom. The lowest BCUT2D eigenvalue weighted by atomic mass is 9.96. The molecule has 0 aromatic heterocycles. The van der Waals surface area contributed by atoms with E-state index in [0.29, 0.717) is 12.8 Å². The summed E-state index contributed by atoms with van der Waals surface area (Å²) in [6, 6.07) is -11.6. The number of unbranched alkanes of at least 4 members (excludes halogenated alkanes) is 6. The first-order chi connectivity index (χ1) is 36.6. The molecule has 0 spiro atoms. The molecule has 24 nitrogen and oxygen atoms in total. The third kappa shape index (κ3) is 28.4. The van der Waals surface area contributed by atoms with Crippen LogP contribution < -0.4 is 65.1 Å². The molecule has 0 aromatic rings. The molecule has 10 amide bonds. The molecule has 24 heteroatoms. The Kier molecular flexibility index (Phi) is 36.3. The third-order valence-electron chi connectivity index (χ3n) is 13.2. The maximum Gasteiger partial charge on any atom is 0.245 e. The van der Waals surface area contributed by atoms with Crippen molar-refractivity contribution in [2.75, 3.05) is 19.7 Å². The fourth-order valence-corrected chi connectivity index (χ4v) is 8.43. The molecule has 0 aliphatic rings. The second-order valence-corrected chi connectivity index (χ2v) is 22.3. The number of nitrogens with one attached hydrogen (secondary N) is 9. The summed E-state index contributed by atoms with van der Waals surface area (Å²) in [5, 5.41) is 44.1. The summed E-state index contributed by atoms with van der Waals surface area (Å²) in [7, 11) is 0. The first kappa shape index (κ1) is 72.5. The molecular weight excluding hydrogens is 1010 g/mol. The minimum Gasteiger partial charge on any atom is -0.394 e. The Hall–Kier alpha value is -5.46. The van der Waals surface area contributed by atoms with Crippen LogP contribution in [0.2, 0.25) is 0 Å². The molecule has 0 aliphatic carbocycles. The fourth-order valence-electron chi connectivity index (χ4n) is 8.43. The van der Waals surface area contributed by atoms with Crippen molar-refractivity contribution < 1.29 is 58.2 Å². The normalized spacial score (nSPS) is 15.7. The van der Waals surface area contributed by atoms with Crippen LogP contribution in [0.4, 0.5) is 0 Å². The smallest absolute Gasteiger partial charge is 0.245 e. The number of carbonyl (C=O) groups excluding carboxylic acids is 10. The molecule has 0 unspecified atom stereocenters. The van der Waals surface area contributed by atoms with Crippen molar-refractivity contribution in [1.82, 2.24) is 47.9 Å². The minimum atomic E-state index is -1.62. The van der Waals surface area contributed by atoms with Gasteiger partial charge in [0.2, 0.25) is 59.1 Å². The van der Waals surface area contributed by atoms with Crippen molar-refractivity contribution in [3.63, 3.8) is 0 Å². The first-order valence-corrected chi connectivity index (χ1v) is 28.3. The van der Waals surface area contributed by atoms with Gasteiger partial charge in [-0.05, 0) is 88.1 Å². The molecule has 0 saturated carbocycles. The van der Waals surface area contributed by atoms with Crippen LogP contribution in [-0.4, -0.2) is 149 Å². The molecule has 17 N–H and O–H groups in total. The largest absolute Gasteiger partial charge is 0.394 e. The number of carbonyl (C=O) groups is 10. The Labute approximate surface area is 463 Å². The molecule has 0 bridgehead atoms. The second-order valence-electron chi connectivity index (χ2n) is 22.3. The number of hydrogen-bond acceptors (Lipinski definition) is 14. The van der Waals surface area contributed by atoms with Gasteiger partial charge in [-0.1, -0.05) is 121 Å². The highest BCUT2D eigenvalue weighted by molar-refractivity contribution is 5.98. The SMILES string of the molecule is CCCCCCCCCC(=O)N[C@@H](CCN)C(=O)N[C@H](C(=O)N[C@H](C(=O)N[C@H](CC(C)C)C(=O)N[C@@H](CC(C)C)C(=O)N[C@@H](CCN)C(=O)N[C@@H](C(=O)N[C@@H](CC(C)C)C(=O)N[C@@H](CO)C(N)=O)C(C)C)[C@@H](C)O)[C@@H](C)CC. The lowest BCUT2D eigenvalue weighted by Crippen LogP contribution is -2.62. The van der Waals surface area contributed by atoms with Gasteiger partial charge in [0.25, 0.3) is 0 Å². The van der Waals surface area contributed by atoms with Crippen LogP contribution in [0, 0.1) is 29.6 Å². The van der Waals surface area contributed by atoms with Gasteiger partial charge in [-0.2, -0.15) is 0 Å². The van der Waals surface area contributed by atoms with Crippen LogP contribution in [0.3, 0.4) is 0 Å². The average Bonchev–Trinajstić information content (AvgIpc) is 3.35. The molecular formula is C54H102N12O12. The zero-order valence-electron chi connectivity index (χ0n) is 48.9. The third-order valence-corrected chi connectivity index (χ3v) is 13.2. The van der Waals surface area contributed by atoms with Gasteiger partial charge in [0, 0.05) is 6.42 Å². The summed E-state index contributed by atoms with van der Waals surface area (Å²) >= 11 is 0. The highest BCUT2D eigenvalue weighted by Gasteiger charge is 2.38. The number of amides is 10. The Morgan fingerprint density at radius 1 is 0.423 bits per heavy atom. The average molecular weight is 1110 g/mol. The van der Waals surface area contributed by atoms with Gasteiger partial charge in [-0.15, -0.1) is 0 Å². The van der Waals surface area contributed by atoms with Crippen LogP contribution in [-0.2, 0) is 47.9 Å². The second kappa shape index (κ2) is 39.0. The maximum atomic E-state index is 14.2. The highest BCUT2D eigenvalue weighted by Crippen LogP contribution is 2.15. The number of nitrogens with two attached hydrogens (primary N) is 3. The number of hydrogen-bond donors (Lipinski definition) is 14. The molecule has 11 atom stereocenters. The predicted octanol–water partition coefficient (Wildman–Crippen LogP) is -0.113. The standard InChI is InChI=1S/C54H102N12O12/c1-13-15-16-17-18-19-20-21-42(69)58-36(22-24-55)47(71)65-44(34(11)14-2)53(77)66-45(35(12)68)54(78)62-39(27-31(5)6)50(74)60-38(26-30(3)4)49(73)59-37(23-25-56)48(72)64-43(33(9)10)52(76)61-40(28-32(7)8)51(75)63-41(29-67)46(57)70/h30-41,43-45,67-68H,13-29,55-56H2,1-12H3,(H2,57,70)(H,58,69)(H,59,73)(H,60,74)(H,61,76)(H,62,78)(H,63,75)(H,64,72)(H,65,71)(H,66,77)/t34-,35+,36-,37-,38-,39+,40-,41-,43+,44-,45-/m0/s1. The summed E-state index contributed by atoms with van der Waals surface area (Å²) in [6.45, 7) is 20.3. The Balaban J connectivity index is 6.42. The number of aliphatic hydroxyl groups excluding tert-OH is 2. The molecule has 0 radical (unpaired) electrons. The van der Waals surface area contributed by atoms with Crippen molar-refractivity contribution in [1.29, 1.82) is 0 Å². The molecule has 0 fully saturated rings. The van der Waals surface area contributed by atoms with E-state index >= 15 is 0 Å². The number of aliphatic hydroxyl groups is 2. The summed E-state index contributed by atoms with van der Waals surface area (Å²) in [6.07, 6.45) is 6.50. The van der Waals surface area contributed by atoms with Gasteiger partial charge in [-0.3, -0.25) is 47.9 Å². The van der Waals surface area contributed by atoms with Gasteiger partial charge < -0.3 is 75.3 Å². The van der Waals surface area contributed by atoms with E-state index in [9.17, 15) is 58.2 Å². The van der Waals surface area contributed by atoms with E-state index in [2.05, 4.69) is 54.8 Å². The number of primary amides is 1. The minimum absolute atomic E-state index is 0.0521. The predicted molar refractivity (Wildman–Crippen MR) is 298 cm³/mol. The van der Waals surface area contributed by atoms with Crippen molar-refractivity contribution in [3.05, 3.63) is 0 Å². The van der Waals surface area contributed by atoms with Gasteiger partial charge >= 0.3 is 0 Å². The lowest BCUT2D eigenvalue weighted by Gasteiger charge is -2.30. The van der Waals surface area contributed by atoms with E-state index < -0.39 is 132 Å². The molecule has 0 aliphatic heterocycles. The van der Waals surface area contributed by atoms with E-state index in [1.165, 1.54) is 13.3 Å². The lowest BCUT2D eigenvalue weighted by molar-refractivity contribution is -0.138.